The Morgan fingerprint density at radius 3 is 2.33 bits per heavy atom. The highest BCUT2D eigenvalue weighted by molar-refractivity contribution is 8.13. The molecule has 0 spiro atoms. The number of hydrogen-bond acceptors (Lipinski definition) is 3. The SMILES string of the molecule is COc1c(C(C)(C)F)ccc(C)c1CS(=O)(=O)Cl. The highest BCUT2D eigenvalue weighted by atomic mass is 35.7. The van der Waals surface area contributed by atoms with Crippen molar-refractivity contribution < 1.29 is 17.5 Å². The molecule has 0 radical (unpaired) electrons. The van der Waals surface area contributed by atoms with E-state index in [0.29, 0.717) is 16.7 Å². The first-order valence-electron chi connectivity index (χ1n) is 5.34. The topological polar surface area (TPSA) is 43.4 Å². The highest BCUT2D eigenvalue weighted by Crippen LogP contribution is 2.37. The molecule has 1 aromatic carbocycles. The summed E-state index contributed by atoms with van der Waals surface area (Å²) in [5.41, 5.74) is -0.213. The van der Waals surface area contributed by atoms with E-state index in [2.05, 4.69) is 0 Å². The molecule has 102 valence electrons. The standard InChI is InChI=1S/C12H16ClFO3S/c1-8-5-6-10(12(2,3)14)11(17-4)9(8)7-18(13,15)16/h5-6H,7H2,1-4H3. The maximum Gasteiger partial charge on any atom is 0.236 e. The minimum atomic E-state index is -3.72. The summed E-state index contributed by atoms with van der Waals surface area (Å²) in [6.45, 7) is 4.51. The monoisotopic (exact) mass is 294 g/mol. The predicted molar refractivity (Wildman–Crippen MR) is 70.3 cm³/mol. The van der Waals surface area contributed by atoms with E-state index in [1.807, 2.05) is 0 Å². The van der Waals surface area contributed by atoms with Crippen LogP contribution >= 0.6 is 10.7 Å². The Bertz CT molecular complexity index is 547. The quantitative estimate of drug-likeness (QED) is 0.801. The number of alkyl halides is 1. The molecule has 3 nitrogen and oxygen atoms in total. The average molecular weight is 295 g/mol. The van der Waals surface area contributed by atoms with Crippen LogP contribution in [0, 0.1) is 6.92 Å². The van der Waals surface area contributed by atoms with Crippen LogP contribution < -0.4 is 4.74 Å². The van der Waals surface area contributed by atoms with Crippen LogP contribution in [-0.2, 0) is 20.5 Å². The Morgan fingerprint density at radius 2 is 1.94 bits per heavy atom. The van der Waals surface area contributed by atoms with E-state index in [0.717, 1.165) is 0 Å². The lowest BCUT2D eigenvalue weighted by Crippen LogP contribution is -2.13. The number of methoxy groups -OCH3 is 1. The molecular weight excluding hydrogens is 279 g/mol. The first-order valence-corrected chi connectivity index (χ1v) is 7.82. The van der Waals surface area contributed by atoms with Crippen LogP contribution in [-0.4, -0.2) is 15.5 Å². The zero-order valence-electron chi connectivity index (χ0n) is 10.8. The van der Waals surface area contributed by atoms with Gasteiger partial charge in [-0.1, -0.05) is 12.1 Å². The van der Waals surface area contributed by atoms with Gasteiger partial charge in [0.25, 0.3) is 0 Å². The van der Waals surface area contributed by atoms with Crippen molar-refractivity contribution in [3.05, 3.63) is 28.8 Å². The minimum absolute atomic E-state index is 0.242. The zero-order chi connectivity index (χ0) is 14.1. The lowest BCUT2D eigenvalue weighted by molar-refractivity contribution is 0.213. The third-order valence-electron chi connectivity index (χ3n) is 2.66. The molecule has 18 heavy (non-hydrogen) atoms. The van der Waals surface area contributed by atoms with Gasteiger partial charge in [0.15, 0.2) is 0 Å². The summed E-state index contributed by atoms with van der Waals surface area (Å²) in [5.74, 6) is -0.139. The smallest absolute Gasteiger partial charge is 0.236 e. The molecule has 0 atom stereocenters. The number of rotatable bonds is 4. The molecule has 0 N–H and O–H groups in total. The lowest BCUT2D eigenvalue weighted by Gasteiger charge is -2.21. The Kier molecular flexibility index (Phi) is 4.28. The maximum atomic E-state index is 14.1. The van der Waals surface area contributed by atoms with Gasteiger partial charge in [0.1, 0.15) is 11.4 Å². The van der Waals surface area contributed by atoms with Crippen molar-refractivity contribution in [1.29, 1.82) is 0 Å². The Morgan fingerprint density at radius 1 is 1.39 bits per heavy atom. The highest BCUT2D eigenvalue weighted by Gasteiger charge is 2.27. The van der Waals surface area contributed by atoms with E-state index in [1.54, 1.807) is 19.1 Å². The van der Waals surface area contributed by atoms with E-state index < -0.39 is 14.7 Å². The average Bonchev–Trinajstić information content (AvgIpc) is 2.17. The second-order valence-electron chi connectivity index (χ2n) is 4.60. The third kappa shape index (κ3) is 3.59. The summed E-state index contributed by atoms with van der Waals surface area (Å²) in [6.07, 6.45) is 0. The molecule has 0 saturated heterocycles. The van der Waals surface area contributed by atoms with Crippen molar-refractivity contribution in [2.24, 2.45) is 0 Å². The van der Waals surface area contributed by atoms with Crippen molar-refractivity contribution in [1.82, 2.24) is 0 Å². The third-order valence-corrected chi connectivity index (χ3v) is 3.62. The first-order chi connectivity index (χ1) is 8.06. The van der Waals surface area contributed by atoms with Crippen molar-refractivity contribution in [2.45, 2.75) is 32.2 Å². The molecule has 0 saturated carbocycles. The van der Waals surface area contributed by atoms with Crippen LogP contribution in [0.1, 0.15) is 30.5 Å². The van der Waals surface area contributed by atoms with Crippen molar-refractivity contribution in [3.8, 4) is 5.75 Å². The van der Waals surface area contributed by atoms with Gasteiger partial charge in [-0.15, -0.1) is 0 Å². The molecule has 0 aliphatic heterocycles. The van der Waals surface area contributed by atoms with Crippen LogP contribution in [0.5, 0.6) is 5.75 Å². The van der Waals surface area contributed by atoms with Crippen LogP contribution in [0.15, 0.2) is 12.1 Å². The summed E-state index contributed by atoms with van der Waals surface area (Å²) in [6, 6.07) is 3.26. The number of ether oxygens (including phenoxy) is 1. The predicted octanol–water partition coefficient (Wildman–Crippen LogP) is 3.28. The Hall–Kier alpha value is -0.810. The second kappa shape index (κ2) is 5.05. The summed E-state index contributed by atoms with van der Waals surface area (Å²) in [5, 5.41) is 0. The van der Waals surface area contributed by atoms with Crippen LogP contribution in [0.4, 0.5) is 4.39 Å². The number of halogens is 2. The summed E-state index contributed by atoms with van der Waals surface area (Å²) >= 11 is 0. The molecule has 0 aliphatic rings. The van der Waals surface area contributed by atoms with Gasteiger partial charge in [0.05, 0.1) is 12.9 Å². The minimum Gasteiger partial charge on any atom is -0.496 e. The number of aryl methyl sites for hydroxylation is 1. The lowest BCUT2D eigenvalue weighted by atomic mass is 9.94. The van der Waals surface area contributed by atoms with Crippen LogP contribution in [0.3, 0.4) is 0 Å². The largest absolute Gasteiger partial charge is 0.496 e. The first kappa shape index (κ1) is 15.2. The molecule has 1 rings (SSSR count). The molecule has 0 bridgehead atoms. The summed E-state index contributed by atoms with van der Waals surface area (Å²) < 4.78 is 41.6. The normalized spacial score (nSPS) is 12.6. The van der Waals surface area contributed by atoms with Gasteiger partial charge < -0.3 is 4.74 Å². The van der Waals surface area contributed by atoms with E-state index in [4.69, 9.17) is 15.4 Å². The molecule has 6 heteroatoms. The molecule has 0 unspecified atom stereocenters. The zero-order valence-corrected chi connectivity index (χ0v) is 12.3. The van der Waals surface area contributed by atoms with Crippen molar-refractivity contribution >= 4 is 19.7 Å². The van der Waals surface area contributed by atoms with Crippen LogP contribution in [0.2, 0.25) is 0 Å². The molecule has 0 aliphatic carbocycles. The maximum absolute atomic E-state index is 14.1. The molecule has 0 fully saturated rings. The Labute approximate surface area is 111 Å². The van der Waals surface area contributed by atoms with Gasteiger partial charge in [-0.2, -0.15) is 0 Å². The van der Waals surface area contributed by atoms with E-state index in [-0.39, 0.29) is 11.5 Å². The number of benzene rings is 1. The molecular formula is C12H16ClFO3S. The van der Waals surface area contributed by atoms with Gasteiger partial charge in [-0.3, -0.25) is 0 Å². The van der Waals surface area contributed by atoms with Crippen molar-refractivity contribution in [2.75, 3.05) is 7.11 Å². The van der Waals surface area contributed by atoms with E-state index >= 15 is 0 Å². The van der Waals surface area contributed by atoms with E-state index in [1.165, 1.54) is 21.0 Å². The molecule has 0 heterocycles. The fourth-order valence-electron chi connectivity index (χ4n) is 1.78. The van der Waals surface area contributed by atoms with Crippen LogP contribution in [0.25, 0.3) is 0 Å². The summed E-state index contributed by atoms with van der Waals surface area (Å²) in [7, 11) is 2.92. The number of hydrogen-bond donors (Lipinski definition) is 0. The summed E-state index contributed by atoms with van der Waals surface area (Å²) in [4.78, 5) is 0. The van der Waals surface area contributed by atoms with Gasteiger partial charge in [0, 0.05) is 21.8 Å². The molecule has 0 amide bonds. The van der Waals surface area contributed by atoms with Gasteiger partial charge in [-0.25, -0.2) is 12.8 Å². The van der Waals surface area contributed by atoms with Gasteiger partial charge in [0.2, 0.25) is 9.05 Å². The second-order valence-corrected chi connectivity index (χ2v) is 7.37. The fourth-order valence-corrected chi connectivity index (χ4v) is 2.81. The van der Waals surface area contributed by atoms with Gasteiger partial charge in [-0.05, 0) is 26.3 Å². The Balaban J connectivity index is 3.50. The van der Waals surface area contributed by atoms with Crippen molar-refractivity contribution in [3.63, 3.8) is 0 Å². The molecule has 0 aromatic heterocycles. The molecule has 1 aromatic rings. The fraction of sp³-hybridized carbons (Fsp3) is 0.500. The van der Waals surface area contributed by atoms with E-state index in [9.17, 15) is 12.8 Å². The van der Waals surface area contributed by atoms with Gasteiger partial charge >= 0.3 is 0 Å².